The quantitative estimate of drug-likeness (QED) is 0.660. The normalized spacial score (nSPS) is 20.1. The number of halogens is 1. The van der Waals surface area contributed by atoms with Crippen molar-refractivity contribution in [1.29, 1.82) is 0 Å². The minimum atomic E-state index is -0.174. The molecule has 2 atom stereocenters. The number of benzene rings is 3. The Labute approximate surface area is 141 Å². The summed E-state index contributed by atoms with van der Waals surface area (Å²) >= 11 is 6.13. The van der Waals surface area contributed by atoms with Crippen LogP contribution in [0.1, 0.15) is 36.7 Å². The second-order valence-corrected chi connectivity index (χ2v) is 6.32. The molecular formula is C20H18ClNO. The molecule has 0 unspecified atom stereocenters. The molecule has 0 aromatic heterocycles. The van der Waals surface area contributed by atoms with Crippen molar-refractivity contribution in [2.45, 2.75) is 25.6 Å². The van der Waals surface area contributed by atoms with Crippen molar-refractivity contribution in [3.8, 4) is 5.75 Å². The zero-order chi connectivity index (χ0) is 15.8. The molecule has 0 spiro atoms. The highest BCUT2D eigenvalue weighted by Gasteiger charge is 2.28. The molecule has 116 valence electrons. The Kier molecular flexibility index (Phi) is 3.72. The molecule has 0 fully saturated rings. The molecule has 1 heterocycles. The van der Waals surface area contributed by atoms with E-state index in [-0.39, 0.29) is 12.3 Å². The Morgan fingerprint density at radius 2 is 1.91 bits per heavy atom. The van der Waals surface area contributed by atoms with E-state index in [0.29, 0.717) is 0 Å². The van der Waals surface area contributed by atoms with Gasteiger partial charge in [-0.2, -0.15) is 0 Å². The van der Waals surface area contributed by atoms with Gasteiger partial charge in [0.05, 0.1) is 0 Å². The van der Waals surface area contributed by atoms with E-state index in [1.54, 1.807) is 0 Å². The molecule has 3 aromatic rings. The molecule has 1 aliphatic heterocycles. The van der Waals surface area contributed by atoms with Gasteiger partial charge >= 0.3 is 0 Å². The van der Waals surface area contributed by atoms with Crippen molar-refractivity contribution in [3.63, 3.8) is 0 Å². The van der Waals surface area contributed by atoms with Crippen molar-refractivity contribution >= 4 is 22.4 Å². The highest BCUT2D eigenvalue weighted by Crippen LogP contribution is 2.41. The fourth-order valence-electron chi connectivity index (χ4n) is 3.32. The summed E-state index contributed by atoms with van der Waals surface area (Å²) in [6.07, 6.45) is 0.828. The maximum Gasteiger partial charge on any atom is 0.177 e. The van der Waals surface area contributed by atoms with Crippen molar-refractivity contribution in [3.05, 3.63) is 76.8 Å². The molecule has 0 radical (unpaired) electrons. The Morgan fingerprint density at radius 1 is 1.04 bits per heavy atom. The van der Waals surface area contributed by atoms with Gasteiger partial charge in [0.25, 0.3) is 0 Å². The lowest BCUT2D eigenvalue weighted by Gasteiger charge is -2.34. The minimum Gasteiger partial charge on any atom is -0.471 e. The number of nitrogens with one attached hydrogen (secondary N) is 1. The molecule has 3 aromatic carbocycles. The van der Waals surface area contributed by atoms with Crippen LogP contribution in [0, 0.1) is 0 Å². The molecule has 0 saturated heterocycles. The monoisotopic (exact) mass is 323 g/mol. The van der Waals surface area contributed by atoms with Gasteiger partial charge in [0, 0.05) is 22.2 Å². The standard InChI is InChI=1S/C20H18ClNO/c1-2-17-19-16-9-4-3-6-13(16)10-11-18(19)23-20(22-17)14-7-5-8-15(21)12-14/h3-12,17,20,22H,2H2,1H3/t17-,20-/m1/s1. The number of ether oxygens (including phenoxy) is 1. The Balaban J connectivity index is 1.81. The smallest absolute Gasteiger partial charge is 0.177 e. The Bertz CT molecular complexity index is 861. The first-order valence-electron chi connectivity index (χ1n) is 7.96. The van der Waals surface area contributed by atoms with E-state index in [4.69, 9.17) is 16.3 Å². The zero-order valence-corrected chi connectivity index (χ0v) is 13.7. The third-order valence-corrected chi connectivity index (χ3v) is 4.67. The highest BCUT2D eigenvalue weighted by atomic mass is 35.5. The molecule has 0 aliphatic carbocycles. The summed E-state index contributed by atoms with van der Waals surface area (Å²) in [5, 5.41) is 6.85. The maximum absolute atomic E-state index is 6.24. The van der Waals surface area contributed by atoms with Crippen molar-refractivity contribution < 1.29 is 4.74 Å². The summed E-state index contributed by atoms with van der Waals surface area (Å²) in [4.78, 5) is 0. The van der Waals surface area contributed by atoms with E-state index in [1.807, 2.05) is 24.3 Å². The van der Waals surface area contributed by atoms with Crippen molar-refractivity contribution in [2.24, 2.45) is 0 Å². The van der Waals surface area contributed by atoms with Gasteiger partial charge in [0.15, 0.2) is 6.23 Å². The van der Waals surface area contributed by atoms with Gasteiger partial charge in [-0.15, -0.1) is 0 Å². The van der Waals surface area contributed by atoms with Crippen LogP contribution in [0.25, 0.3) is 10.8 Å². The van der Waals surface area contributed by atoms with Gasteiger partial charge in [-0.05, 0) is 35.4 Å². The van der Waals surface area contributed by atoms with Crippen LogP contribution in [0.4, 0.5) is 0 Å². The molecule has 4 rings (SSSR count). The van der Waals surface area contributed by atoms with Crippen molar-refractivity contribution in [1.82, 2.24) is 5.32 Å². The third-order valence-electron chi connectivity index (χ3n) is 4.44. The van der Waals surface area contributed by atoms with Gasteiger partial charge in [-0.3, -0.25) is 5.32 Å². The van der Waals surface area contributed by atoms with Gasteiger partial charge in [-0.1, -0.05) is 61.0 Å². The molecule has 0 saturated carbocycles. The van der Waals surface area contributed by atoms with Gasteiger partial charge in [0.2, 0.25) is 0 Å². The molecule has 1 N–H and O–H groups in total. The first kappa shape index (κ1) is 14.6. The molecule has 1 aliphatic rings. The number of hydrogen-bond donors (Lipinski definition) is 1. The average molecular weight is 324 g/mol. The SMILES string of the molecule is CC[C@H]1N[C@@H](c2cccc(Cl)c2)Oc2ccc3ccccc3c21. The van der Waals surface area contributed by atoms with E-state index < -0.39 is 0 Å². The Hall–Kier alpha value is -2.03. The lowest BCUT2D eigenvalue weighted by Crippen LogP contribution is -2.34. The van der Waals surface area contributed by atoms with Crippen molar-refractivity contribution in [2.75, 3.05) is 0 Å². The number of rotatable bonds is 2. The number of fused-ring (bicyclic) bond motifs is 3. The lowest BCUT2D eigenvalue weighted by atomic mass is 9.94. The third kappa shape index (κ3) is 2.58. The average Bonchev–Trinajstić information content (AvgIpc) is 2.60. The summed E-state index contributed by atoms with van der Waals surface area (Å²) in [7, 11) is 0. The number of hydrogen-bond acceptors (Lipinski definition) is 2. The van der Waals surface area contributed by atoms with E-state index in [0.717, 1.165) is 22.8 Å². The predicted molar refractivity (Wildman–Crippen MR) is 94.9 cm³/mol. The van der Waals surface area contributed by atoms with E-state index in [1.165, 1.54) is 16.3 Å². The van der Waals surface area contributed by atoms with Crippen LogP contribution < -0.4 is 10.1 Å². The van der Waals surface area contributed by atoms with Crippen LogP contribution in [0.15, 0.2) is 60.7 Å². The lowest BCUT2D eigenvalue weighted by molar-refractivity contribution is 0.124. The van der Waals surface area contributed by atoms with Crippen LogP contribution in [0.5, 0.6) is 5.75 Å². The Morgan fingerprint density at radius 3 is 2.74 bits per heavy atom. The molecule has 0 amide bonds. The summed E-state index contributed by atoms with van der Waals surface area (Å²) in [6, 6.07) is 20.8. The highest BCUT2D eigenvalue weighted by molar-refractivity contribution is 6.30. The molecule has 2 nitrogen and oxygen atoms in total. The fraction of sp³-hybridized carbons (Fsp3) is 0.200. The minimum absolute atomic E-state index is 0.174. The summed E-state index contributed by atoms with van der Waals surface area (Å²) in [5.41, 5.74) is 2.30. The molecule has 23 heavy (non-hydrogen) atoms. The molecule has 0 bridgehead atoms. The zero-order valence-electron chi connectivity index (χ0n) is 12.9. The second-order valence-electron chi connectivity index (χ2n) is 5.88. The van der Waals surface area contributed by atoms with E-state index >= 15 is 0 Å². The van der Waals surface area contributed by atoms with Crippen LogP contribution in [0.3, 0.4) is 0 Å². The molecule has 3 heteroatoms. The molecular weight excluding hydrogens is 306 g/mol. The summed E-state index contributed by atoms with van der Waals surface area (Å²) in [5.74, 6) is 0.958. The maximum atomic E-state index is 6.24. The largest absolute Gasteiger partial charge is 0.471 e. The fourth-order valence-corrected chi connectivity index (χ4v) is 3.52. The first-order valence-corrected chi connectivity index (χ1v) is 8.34. The van der Waals surface area contributed by atoms with Gasteiger partial charge < -0.3 is 4.74 Å². The van der Waals surface area contributed by atoms with Gasteiger partial charge in [-0.25, -0.2) is 0 Å². The van der Waals surface area contributed by atoms with Crippen LogP contribution in [-0.4, -0.2) is 0 Å². The van der Waals surface area contributed by atoms with Crippen LogP contribution in [0.2, 0.25) is 5.02 Å². The van der Waals surface area contributed by atoms with Gasteiger partial charge in [0.1, 0.15) is 5.75 Å². The van der Waals surface area contributed by atoms with E-state index in [9.17, 15) is 0 Å². The van der Waals surface area contributed by atoms with Crippen LogP contribution in [-0.2, 0) is 0 Å². The van der Waals surface area contributed by atoms with Crippen LogP contribution >= 0.6 is 11.6 Å². The summed E-state index contributed by atoms with van der Waals surface area (Å²) in [6.45, 7) is 2.20. The predicted octanol–water partition coefficient (Wildman–Crippen LogP) is 5.63. The topological polar surface area (TPSA) is 21.3 Å². The second kappa shape index (κ2) is 5.88. The summed E-state index contributed by atoms with van der Waals surface area (Å²) < 4.78 is 6.24. The first-order chi connectivity index (χ1) is 11.3. The van der Waals surface area contributed by atoms with E-state index in [2.05, 4.69) is 48.6 Å².